The lowest BCUT2D eigenvalue weighted by Gasteiger charge is -2.19. The summed E-state index contributed by atoms with van der Waals surface area (Å²) in [7, 11) is 0. The third kappa shape index (κ3) is 5.22. The molecular formula is C17H26N2S2. The molecule has 0 saturated carbocycles. The van der Waals surface area contributed by atoms with Crippen molar-refractivity contribution in [2.75, 3.05) is 6.54 Å². The molecule has 0 aliphatic rings. The summed E-state index contributed by atoms with van der Waals surface area (Å²) in [6.45, 7) is 13.1. The van der Waals surface area contributed by atoms with Crippen LogP contribution in [-0.2, 0) is 19.6 Å². The summed E-state index contributed by atoms with van der Waals surface area (Å²) in [6, 6.07) is 7.29. The van der Waals surface area contributed by atoms with Gasteiger partial charge in [-0.15, -0.1) is 22.7 Å². The average Bonchev–Trinajstić information content (AvgIpc) is 3.06. The Morgan fingerprint density at radius 1 is 1.24 bits per heavy atom. The van der Waals surface area contributed by atoms with E-state index in [0.29, 0.717) is 6.04 Å². The molecule has 0 saturated heterocycles. The monoisotopic (exact) mass is 322 g/mol. The zero-order chi connectivity index (χ0) is 15.2. The number of rotatable bonds is 8. The summed E-state index contributed by atoms with van der Waals surface area (Å²) < 4.78 is 0. The summed E-state index contributed by atoms with van der Waals surface area (Å²) in [4.78, 5) is 6.87. The summed E-state index contributed by atoms with van der Waals surface area (Å²) in [5.74, 6) is 0. The molecule has 1 N–H and O–H groups in total. The number of hydrogen-bond donors (Lipinski definition) is 1. The first kappa shape index (κ1) is 16.7. The van der Waals surface area contributed by atoms with Crippen LogP contribution in [0.3, 0.4) is 0 Å². The molecule has 0 amide bonds. The number of nitrogens with one attached hydrogen (secondary N) is 1. The molecule has 2 nitrogen and oxygen atoms in total. The van der Waals surface area contributed by atoms with E-state index in [1.165, 1.54) is 20.2 Å². The van der Waals surface area contributed by atoms with Crippen molar-refractivity contribution in [2.24, 2.45) is 0 Å². The van der Waals surface area contributed by atoms with Crippen LogP contribution in [0.1, 0.15) is 41.0 Å². The van der Waals surface area contributed by atoms with Crippen LogP contribution in [0.15, 0.2) is 23.6 Å². The van der Waals surface area contributed by atoms with Gasteiger partial charge in [0.1, 0.15) is 0 Å². The standard InChI is InChI=1S/C17H26N2S2/c1-5-19(12-16-7-6-8-20-16)11-15-9-17(21-14(15)4)10-18-13(2)3/h6-9,13,18H,5,10-12H2,1-4H3. The Hall–Kier alpha value is -0.680. The van der Waals surface area contributed by atoms with Crippen LogP contribution in [0.5, 0.6) is 0 Å². The van der Waals surface area contributed by atoms with E-state index in [-0.39, 0.29) is 0 Å². The first-order valence-corrected chi connectivity index (χ1v) is 9.34. The van der Waals surface area contributed by atoms with Crippen LogP contribution < -0.4 is 5.32 Å². The molecule has 2 rings (SSSR count). The van der Waals surface area contributed by atoms with Crippen molar-refractivity contribution in [1.29, 1.82) is 0 Å². The Bertz CT molecular complexity index is 529. The minimum atomic E-state index is 0.543. The topological polar surface area (TPSA) is 15.3 Å². The van der Waals surface area contributed by atoms with E-state index in [0.717, 1.165) is 26.2 Å². The highest BCUT2D eigenvalue weighted by Gasteiger charge is 2.11. The molecule has 0 aliphatic heterocycles. The molecule has 2 aromatic rings. The first-order valence-electron chi connectivity index (χ1n) is 7.64. The highest BCUT2D eigenvalue weighted by atomic mass is 32.1. The second-order valence-electron chi connectivity index (χ2n) is 5.71. The lowest BCUT2D eigenvalue weighted by Crippen LogP contribution is -2.22. The van der Waals surface area contributed by atoms with Gasteiger partial charge in [0.05, 0.1) is 0 Å². The summed E-state index contributed by atoms with van der Waals surface area (Å²) >= 11 is 3.78. The SMILES string of the molecule is CCN(Cc1cccs1)Cc1cc(CNC(C)C)sc1C. The van der Waals surface area contributed by atoms with E-state index in [1.54, 1.807) is 0 Å². The molecule has 2 aromatic heterocycles. The van der Waals surface area contributed by atoms with Crippen molar-refractivity contribution in [3.63, 3.8) is 0 Å². The maximum Gasteiger partial charge on any atom is 0.0331 e. The number of hydrogen-bond acceptors (Lipinski definition) is 4. The van der Waals surface area contributed by atoms with Crippen LogP contribution in [0.2, 0.25) is 0 Å². The van der Waals surface area contributed by atoms with E-state index in [2.05, 4.69) is 61.5 Å². The zero-order valence-corrected chi connectivity index (χ0v) is 15.1. The maximum absolute atomic E-state index is 3.50. The third-order valence-electron chi connectivity index (χ3n) is 3.56. The number of thiophene rings is 2. The maximum atomic E-state index is 3.50. The quantitative estimate of drug-likeness (QED) is 0.762. The molecule has 0 aromatic carbocycles. The Labute approximate surface area is 136 Å². The van der Waals surface area contributed by atoms with Crippen LogP contribution in [0.25, 0.3) is 0 Å². The van der Waals surface area contributed by atoms with Crippen LogP contribution >= 0.6 is 22.7 Å². The Morgan fingerprint density at radius 3 is 2.67 bits per heavy atom. The summed E-state index contributed by atoms with van der Waals surface area (Å²) in [5.41, 5.74) is 1.49. The van der Waals surface area contributed by atoms with E-state index >= 15 is 0 Å². The molecule has 4 heteroatoms. The van der Waals surface area contributed by atoms with Gasteiger partial charge in [0.15, 0.2) is 0 Å². The smallest absolute Gasteiger partial charge is 0.0331 e. The minimum absolute atomic E-state index is 0.543. The Kier molecular flexibility index (Phi) is 6.42. The van der Waals surface area contributed by atoms with Crippen molar-refractivity contribution >= 4 is 22.7 Å². The fourth-order valence-corrected chi connectivity index (χ4v) is 4.03. The van der Waals surface area contributed by atoms with Crippen LogP contribution in [-0.4, -0.2) is 17.5 Å². The van der Waals surface area contributed by atoms with Gasteiger partial charge in [0, 0.05) is 40.3 Å². The Balaban J connectivity index is 1.97. The fourth-order valence-electron chi connectivity index (χ4n) is 2.28. The lowest BCUT2D eigenvalue weighted by molar-refractivity contribution is 0.273. The largest absolute Gasteiger partial charge is 0.310 e. The summed E-state index contributed by atoms with van der Waals surface area (Å²) in [6.07, 6.45) is 0. The van der Waals surface area contributed by atoms with Gasteiger partial charge in [0.2, 0.25) is 0 Å². The normalized spacial score (nSPS) is 11.7. The van der Waals surface area contributed by atoms with Gasteiger partial charge in [-0.1, -0.05) is 26.8 Å². The van der Waals surface area contributed by atoms with Crippen molar-refractivity contribution < 1.29 is 0 Å². The average molecular weight is 323 g/mol. The molecule has 0 spiro atoms. The predicted molar refractivity (Wildman–Crippen MR) is 95.1 cm³/mol. The van der Waals surface area contributed by atoms with E-state index < -0.39 is 0 Å². The Morgan fingerprint density at radius 2 is 2.05 bits per heavy atom. The van der Waals surface area contributed by atoms with Gasteiger partial charge >= 0.3 is 0 Å². The van der Waals surface area contributed by atoms with Gasteiger partial charge in [-0.25, -0.2) is 0 Å². The van der Waals surface area contributed by atoms with Crippen molar-refractivity contribution in [1.82, 2.24) is 10.2 Å². The van der Waals surface area contributed by atoms with Crippen molar-refractivity contribution in [3.05, 3.63) is 43.8 Å². The highest BCUT2D eigenvalue weighted by Crippen LogP contribution is 2.24. The second-order valence-corrected chi connectivity index (χ2v) is 8.09. The molecule has 116 valence electrons. The molecule has 0 radical (unpaired) electrons. The lowest BCUT2D eigenvalue weighted by atomic mass is 10.2. The second kappa shape index (κ2) is 8.08. The molecule has 0 atom stereocenters. The molecule has 0 fully saturated rings. The minimum Gasteiger partial charge on any atom is -0.310 e. The summed E-state index contributed by atoms with van der Waals surface area (Å²) in [5, 5.41) is 5.67. The third-order valence-corrected chi connectivity index (χ3v) is 5.51. The van der Waals surface area contributed by atoms with Gasteiger partial charge in [-0.05, 0) is 36.5 Å². The zero-order valence-electron chi connectivity index (χ0n) is 13.5. The molecule has 21 heavy (non-hydrogen) atoms. The highest BCUT2D eigenvalue weighted by molar-refractivity contribution is 7.12. The van der Waals surface area contributed by atoms with Gasteiger partial charge < -0.3 is 5.32 Å². The van der Waals surface area contributed by atoms with E-state index in [4.69, 9.17) is 0 Å². The number of nitrogens with zero attached hydrogens (tertiary/aromatic N) is 1. The van der Waals surface area contributed by atoms with Crippen molar-refractivity contribution in [3.8, 4) is 0 Å². The molecular weight excluding hydrogens is 296 g/mol. The van der Waals surface area contributed by atoms with Gasteiger partial charge in [-0.3, -0.25) is 4.90 Å². The number of aryl methyl sites for hydroxylation is 1. The van der Waals surface area contributed by atoms with E-state index in [1.807, 2.05) is 22.7 Å². The first-order chi connectivity index (χ1) is 10.1. The molecule has 0 bridgehead atoms. The fraction of sp³-hybridized carbons (Fsp3) is 0.529. The predicted octanol–water partition coefficient (Wildman–Crippen LogP) is 4.64. The molecule has 2 heterocycles. The van der Waals surface area contributed by atoms with Crippen LogP contribution in [0, 0.1) is 6.92 Å². The molecule has 0 aliphatic carbocycles. The van der Waals surface area contributed by atoms with Gasteiger partial charge in [0.25, 0.3) is 0 Å². The molecule has 0 unspecified atom stereocenters. The van der Waals surface area contributed by atoms with E-state index in [9.17, 15) is 0 Å². The van der Waals surface area contributed by atoms with Crippen molar-refractivity contribution in [2.45, 2.75) is 53.4 Å². The van der Waals surface area contributed by atoms with Gasteiger partial charge in [-0.2, -0.15) is 0 Å². The van der Waals surface area contributed by atoms with Crippen LogP contribution in [0.4, 0.5) is 0 Å².